The normalized spacial score (nSPS) is 10.3. The third kappa shape index (κ3) is 6.03. The number of rotatable bonds is 7. The van der Waals surface area contributed by atoms with E-state index in [9.17, 15) is 0 Å². The molecule has 0 aromatic heterocycles. The van der Waals surface area contributed by atoms with Crippen LogP contribution in [-0.4, -0.2) is 11.6 Å². The van der Waals surface area contributed by atoms with E-state index in [0.29, 0.717) is 5.84 Å². The molecule has 0 fully saturated rings. The summed E-state index contributed by atoms with van der Waals surface area (Å²) in [7, 11) is 0. The second kappa shape index (κ2) is 7.58. The van der Waals surface area contributed by atoms with Crippen molar-refractivity contribution in [2.75, 3.05) is 5.75 Å². The highest BCUT2D eigenvalue weighted by Gasteiger charge is 1.95. The van der Waals surface area contributed by atoms with E-state index in [-0.39, 0.29) is 0 Å². The molecule has 0 heterocycles. The van der Waals surface area contributed by atoms with E-state index in [1.54, 1.807) is 0 Å². The van der Waals surface area contributed by atoms with Crippen molar-refractivity contribution in [1.82, 2.24) is 0 Å². The van der Waals surface area contributed by atoms with Crippen molar-refractivity contribution in [3.8, 4) is 0 Å². The van der Waals surface area contributed by atoms with Crippen molar-refractivity contribution >= 4 is 29.2 Å². The first-order valence-electron chi connectivity index (χ1n) is 5.33. The highest BCUT2D eigenvalue weighted by molar-refractivity contribution is 7.98. The van der Waals surface area contributed by atoms with Gasteiger partial charge in [-0.05, 0) is 36.3 Å². The maximum atomic E-state index is 7.09. The van der Waals surface area contributed by atoms with Crippen LogP contribution in [0, 0.1) is 5.41 Å². The van der Waals surface area contributed by atoms with Gasteiger partial charge in [0.15, 0.2) is 0 Å². The van der Waals surface area contributed by atoms with Gasteiger partial charge in [-0.25, -0.2) is 0 Å². The van der Waals surface area contributed by atoms with Gasteiger partial charge in [0.2, 0.25) is 0 Å². The van der Waals surface area contributed by atoms with Crippen molar-refractivity contribution in [3.05, 3.63) is 34.9 Å². The smallest absolute Gasteiger partial charge is 0.0905 e. The lowest BCUT2D eigenvalue weighted by Gasteiger charge is -2.02. The van der Waals surface area contributed by atoms with Crippen LogP contribution in [0.3, 0.4) is 0 Å². The zero-order chi connectivity index (χ0) is 11.8. The Morgan fingerprint density at radius 2 is 1.94 bits per heavy atom. The van der Waals surface area contributed by atoms with Crippen molar-refractivity contribution in [2.24, 2.45) is 5.73 Å². The molecule has 3 N–H and O–H groups in total. The predicted octanol–water partition coefficient (Wildman–Crippen LogP) is 3.68. The van der Waals surface area contributed by atoms with Gasteiger partial charge in [0.25, 0.3) is 0 Å². The first-order valence-corrected chi connectivity index (χ1v) is 6.87. The first kappa shape index (κ1) is 13.4. The van der Waals surface area contributed by atoms with Crippen LogP contribution in [-0.2, 0) is 5.75 Å². The lowest BCUT2D eigenvalue weighted by molar-refractivity contribution is 0.836. The van der Waals surface area contributed by atoms with Gasteiger partial charge in [-0.1, -0.05) is 23.7 Å². The van der Waals surface area contributed by atoms with Gasteiger partial charge in [-0.2, -0.15) is 11.8 Å². The Bertz CT molecular complexity index is 324. The second-order valence-electron chi connectivity index (χ2n) is 3.66. The van der Waals surface area contributed by atoms with E-state index in [2.05, 4.69) is 12.1 Å². The number of thioether (sulfide) groups is 1. The van der Waals surface area contributed by atoms with E-state index < -0.39 is 0 Å². The molecule has 16 heavy (non-hydrogen) atoms. The van der Waals surface area contributed by atoms with Crippen LogP contribution in [0.15, 0.2) is 24.3 Å². The Morgan fingerprint density at radius 1 is 1.25 bits per heavy atom. The molecule has 0 aliphatic rings. The fraction of sp³-hybridized carbons (Fsp3) is 0.417. The molecular weight excluding hydrogens is 240 g/mol. The molecule has 4 heteroatoms. The van der Waals surface area contributed by atoms with Crippen LogP contribution in [0.4, 0.5) is 0 Å². The number of amidine groups is 1. The molecule has 1 aromatic rings. The Morgan fingerprint density at radius 3 is 2.56 bits per heavy atom. The van der Waals surface area contributed by atoms with E-state index in [4.69, 9.17) is 22.7 Å². The number of hydrogen-bond acceptors (Lipinski definition) is 2. The predicted molar refractivity (Wildman–Crippen MR) is 73.4 cm³/mol. The molecule has 0 unspecified atom stereocenters. The minimum atomic E-state index is 0.294. The fourth-order valence-electron chi connectivity index (χ4n) is 1.29. The van der Waals surface area contributed by atoms with Gasteiger partial charge >= 0.3 is 0 Å². The lowest BCUT2D eigenvalue weighted by atomic mass is 10.2. The molecule has 0 radical (unpaired) electrons. The first-order chi connectivity index (χ1) is 7.68. The Kier molecular flexibility index (Phi) is 6.34. The van der Waals surface area contributed by atoms with E-state index in [1.807, 2.05) is 23.9 Å². The SMILES string of the molecule is N=C(N)CCCCSCc1ccc(Cl)cc1. The number of halogens is 1. The molecule has 1 rings (SSSR count). The molecular formula is C12H17ClN2S. The number of hydrogen-bond donors (Lipinski definition) is 2. The van der Waals surface area contributed by atoms with Crippen LogP contribution in [0.25, 0.3) is 0 Å². The van der Waals surface area contributed by atoms with Crippen LogP contribution in [0.1, 0.15) is 24.8 Å². The van der Waals surface area contributed by atoms with E-state index in [1.165, 1.54) is 5.56 Å². The van der Waals surface area contributed by atoms with Gasteiger partial charge in [0.1, 0.15) is 0 Å². The van der Waals surface area contributed by atoms with Crippen molar-refractivity contribution in [1.29, 1.82) is 5.41 Å². The Hall–Kier alpha value is -0.670. The monoisotopic (exact) mass is 256 g/mol. The van der Waals surface area contributed by atoms with Gasteiger partial charge in [-0.15, -0.1) is 0 Å². The van der Waals surface area contributed by atoms with Crippen LogP contribution >= 0.6 is 23.4 Å². The molecule has 0 aliphatic carbocycles. The van der Waals surface area contributed by atoms with Crippen LogP contribution < -0.4 is 5.73 Å². The maximum absolute atomic E-state index is 7.09. The molecule has 0 amide bonds. The summed E-state index contributed by atoms with van der Waals surface area (Å²) < 4.78 is 0. The van der Waals surface area contributed by atoms with Crippen LogP contribution in [0.2, 0.25) is 5.02 Å². The number of benzene rings is 1. The highest BCUT2D eigenvalue weighted by Crippen LogP contribution is 2.16. The summed E-state index contributed by atoms with van der Waals surface area (Å²) >= 11 is 7.71. The molecule has 1 aromatic carbocycles. The molecule has 0 saturated heterocycles. The minimum Gasteiger partial charge on any atom is -0.388 e. The Balaban J connectivity index is 2.07. The summed E-state index contributed by atoms with van der Waals surface area (Å²) in [6.45, 7) is 0. The number of unbranched alkanes of at least 4 members (excludes halogenated alkanes) is 1. The summed E-state index contributed by atoms with van der Waals surface area (Å²) in [4.78, 5) is 0. The zero-order valence-electron chi connectivity index (χ0n) is 9.21. The van der Waals surface area contributed by atoms with E-state index in [0.717, 1.165) is 35.8 Å². The summed E-state index contributed by atoms with van der Waals surface area (Å²) in [5.41, 5.74) is 6.58. The topological polar surface area (TPSA) is 49.9 Å². The maximum Gasteiger partial charge on any atom is 0.0905 e. The molecule has 88 valence electrons. The largest absolute Gasteiger partial charge is 0.388 e. The lowest BCUT2D eigenvalue weighted by Crippen LogP contribution is -2.08. The van der Waals surface area contributed by atoms with Crippen molar-refractivity contribution in [2.45, 2.75) is 25.0 Å². The number of nitrogens with one attached hydrogen (secondary N) is 1. The van der Waals surface area contributed by atoms with Gasteiger partial charge in [0.05, 0.1) is 5.84 Å². The third-order valence-electron chi connectivity index (χ3n) is 2.17. The number of nitrogens with two attached hydrogens (primary N) is 1. The van der Waals surface area contributed by atoms with Crippen LogP contribution in [0.5, 0.6) is 0 Å². The van der Waals surface area contributed by atoms with Crippen molar-refractivity contribution < 1.29 is 0 Å². The standard InChI is InChI=1S/C12H17ClN2S/c13-11-6-4-10(5-7-11)9-16-8-2-1-3-12(14)15/h4-7H,1-3,8-9H2,(H3,14,15). The molecule has 0 saturated carbocycles. The molecule has 0 aliphatic heterocycles. The Labute approximate surface area is 106 Å². The van der Waals surface area contributed by atoms with Gasteiger partial charge in [-0.3, -0.25) is 5.41 Å². The highest BCUT2D eigenvalue weighted by atomic mass is 35.5. The molecule has 0 atom stereocenters. The molecule has 2 nitrogen and oxygen atoms in total. The quantitative estimate of drug-likeness (QED) is 0.444. The average Bonchev–Trinajstić information content (AvgIpc) is 2.25. The second-order valence-corrected chi connectivity index (χ2v) is 5.20. The summed E-state index contributed by atoms with van der Waals surface area (Å²) in [6, 6.07) is 7.97. The minimum absolute atomic E-state index is 0.294. The van der Waals surface area contributed by atoms with Gasteiger partial charge in [0, 0.05) is 17.2 Å². The fourth-order valence-corrected chi connectivity index (χ4v) is 2.40. The summed E-state index contributed by atoms with van der Waals surface area (Å²) in [6.07, 6.45) is 2.86. The summed E-state index contributed by atoms with van der Waals surface area (Å²) in [5.74, 6) is 2.44. The average molecular weight is 257 g/mol. The van der Waals surface area contributed by atoms with Crippen molar-refractivity contribution in [3.63, 3.8) is 0 Å². The van der Waals surface area contributed by atoms with E-state index >= 15 is 0 Å². The molecule has 0 spiro atoms. The molecule has 0 bridgehead atoms. The third-order valence-corrected chi connectivity index (χ3v) is 3.53. The zero-order valence-corrected chi connectivity index (χ0v) is 10.8. The summed E-state index contributed by atoms with van der Waals surface area (Å²) in [5, 5.41) is 7.87. The van der Waals surface area contributed by atoms with Gasteiger partial charge < -0.3 is 5.73 Å².